The first-order valence-corrected chi connectivity index (χ1v) is 8.38. The number of anilines is 2. The average molecular weight is 352 g/mol. The zero-order valence-corrected chi connectivity index (χ0v) is 13.5. The summed E-state index contributed by atoms with van der Waals surface area (Å²) in [5.74, 6) is -4.67. The molecule has 4 rings (SSSR count). The lowest BCUT2D eigenvalue weighted by Crippen LogP contribution is -2.47. The van der Waals surface area contributed by atoms with Crippen LogP contribution in [0.25, 0.3) is 0 Å². The van der Waals surface area contributed by atoms with Crippen molar-refractivity contribution >= 4 is 23.3 Å². The largest absolute Gasteiger partial charge is 0.481 e. The first kappa shape index (κ1) is 16.3. The summed E-state index contributed by atoms with van der Waals surface area (Å²) >= 11 is 0. The summed E-state index contributed by atoms with van der Waals surface area (Å²) in [5, 5.41) is 9.29. The fraction of sp³-hybridized carbons (Fsp3) is 0.529. The fourth-order valence-electron chi connectivity index (χ4n) is 3.61. The average Bonchev–Trinajstić information content (AvgIpc) is 3.40. The second kappa shape index (κ2) is 5.94. The number of hydrogen-bond acceptors (Lipinski definition) is 4. The van der Waals surface area contributed by atoms with Crippen LogP contribution in [0.3, 0.4) is 0 Å². The molecule has 0 aromatic heterocycles. The summed E-state index contributed by atoms with van der Waals surface area (Å²) in [6.07, 6.45) is 1.20. The van der Waals surface area contributed by atoms with Gasteiger partial charge in [0.25, 0.3) is 0 Å². The van der Waals surface area contributed by atoms with Gasteiger partial charge in [0.15, 0.2) is 5.82 Å². The first-order valence-electron chi connectivity index (χ1n) is 8.38. The van der Waals surface area contributed by atoms with Crippen LogP contribution in [0.4, 0.5) is 20.2 Å². The smallest absolute Gasteiger partial charge is 0.316 e. The van der Waals surface area contributed by atoms with Gasteiger partial charge in [-0.05, 0) is 30.9 Å². The van der Waals surface area contributed by atoms with Gasteiger partial charge < -0.3 is 19.6 Å². The molecule has 1 aromatic rings. The molecule has 8 heteroatoms. The minimum absolute atomic E-state index is 0.0490. The Morgan fingerprint density at radius 3 is 2.48 bits per heavy atom. The molecule has 1 aliphatic carbocycles. The van der Waals surface area contributed by atoms with Crippen molar-refractivity contribution in [1.82, 2.24) is 0 Å². The Hall–Kier alpha value is -2.22. The highest BCUT2D eigenvalue weighted by Crippen LogP contribution is 2.44. The molecule has 134 valence electrons. The SMILES string of the molecule is O=C(O)C1Cc2cc(F)c(N3CCOCC3)c(F)c2N(C2CC2)C1=O. The summed E-state index contributed by atoms with van der Waals surface area (Å²) in [4.78, 5) is 26.8. The zero-order chi connectivity index (χ0) is 17.7. The van der Waals surface area contributed by atoms with E-state index < -0.39 is 29.4 Å². The molecular weight excluding hydrogens is 334 g/mol. The number of hydrogen-bond donors (Lipinski definition) is 1. The van der Waals surface area contributed by atoms with Gasteiger partial charge in [-0.15, -0.1) is 0 Å². The number of carbonyl (C=O) groups excluding carboxylic acids is 1. The maximum Gasteiger partial charge on any atom is 0.316 e. The molecule has 0 spiro atoms. The van der Waals surface area contributed by atoms with Crippen LogP contribution in [0.1, 0.15) is 18.4 Å². The van der Waals surface area contributed by atoms with E-state index in [9.17, 15) is 19.1 Å². The third-order valence-electron chi connectivity index (χ3n) is 4.99. The van der Waals surface area contributed by atoms with Crippen LogP contribution < -0.4 is 9.80 Å². The number of nitrogens with zero attached hydrogens (tertiary/aromatic N) is 2. The molecule has 3 aliphatic rings. The van der Waals surface area contributed by atoms with E-state index in [4.69, 9.17) is 4.74 Å². The van der Waals surface area contributed by atoms with Crippen molar-refractivity contribution in [3.8, 4) is 0 Å². The molecule has 6 nitrogen and oxygen atoms in total. The Labute approximate surface area is 143 Å². The third-order valence-corrected chi connectivity index (χ3v) is 4.99. The maximum absolute atomic E-state index is 15.3. The fourth-order valence-corrected chi connectivity index (χ4v) is 3.61. The second-order valence-corrected chi connectivity index (χ2v) is 6.66. The lowest BCUT2D eigenvalue weighted by atomic mass is 9.90. The molecule has 0 radical (unpaired) electrons. The van der Waals surface area contributed by atoms with E-state index in [0.29, 0.717) is 39.1 Å². The Morgan fingerprint density at radius 1 is 1.20 bits per heavy atom. The highest BCUT2D eigenvalue weighted by molar-refractivity contribution is 6.09. The molecule has 25 heavy (non-hydrogen) atoms. The lowest BCUT2D eigenvalue weighted by Gasteiger charge is -2.36. The summed E-state index contributed by atoms with van der Waals surface area (Å²) in [7, 11) is 0. The number of carboxylic acid groups (broad SMARTS) is 1. The van der Waals surface area contributed by atoms with Crippen molar-refractivity contribution in [2.24, 2.45) is 5.92 Å². The molecule has 2 aliphatic heterocycles. The standard InChI is InChI=1S/C17H18F2N2O4/c18-12-8-9-7-11(17(23)24)16(22)21(10-1-2-10)14(9)13(19)15(12)20-3-5-25-6-4-20/h8,10-11H,1-7H2,(H,23,24). The number of amides is 1. The summed E-state index contributed by atoms with van der Waals surface area (Å²) in [5.41, 5.74) is 0.132. The van der Waals surface area contributed by atoms with Gasteiger partial charge >= 0.3 is 5.97 Å². The van der Waals surface area contributed by atoms with Crippen LogP contribution in [0.15, 0.2) is 6.07 Å². The second-order valence-electron chi connectivity index (χ2n) is 6.66. The zero-order valence-electron chi connectivity index (χ0n) is 13.5. The summed E-state index contributed by atoms with van der Waals surface area (Å²) < 4.78 is 35.1. The topological polar surface area (TPSA) is 70.1 Å². The quantitative estimate of drug-likeness (QED) is 0.836. The summed E-state index contributed by atoms with van der Waals surface area (Å²) in [6.45, 7) is 1.48. The van der Waals surface area contributed by atoms with E-state index in [2.05, 4.69) is 0 Å². The van der Waals surface area contributed by atoms with Crippen LogP contribution in [0.5, 0.6) is 0 Å². The maximum atomic E-state index is 15.3. The minimum Gasteiger partial charge on any atom is -0.481 e. The van der Waals surface area contributed by atoms with Crippen LogP contribution >= 0.6 is 0 Å². The molecule has 1 aromatic carbocycles. The molecule has 1 atom stereocenters. The Kier molecular flexibility index (Phi) is 3.87. The third kappa shape index (κ3) is 2.64. The van der Waals surface area contributed by atoms with Gasteiger partial charge in [0.05, 0.1) is 18.9 Å². The number of halogens is 2. The van der Waals surface area contributed by atoms with Crippen molar-refractivity contribution in [3.63, 3.8) is 0 Å². The number of carbonyl (C=O) groups is 2. The molecular formula is C17H18F2N2O4. The number of ether oxygens (including phenoxy) is 1. The highest BCUT2D eigenvalue weighted by atomic mass is 19.1. The van der Waals surface area contributed by atoms with Crippen molar-refractivity contribution in [1.29, 1.82) is 0 Å². The number of carboxylic acids is 1. The van der Waals surface area contributed by atoms with Crippen molar-refractivity contribution in [3.05, 3.63) is 23.3 Å². The predicted octanol–water partition coefficient (Wildman–Crippen LogP) is 1.55. The Bertz CT molecular complexity index is 745. The highest BCUT2D eigenvalue weighted by Gasteiger charge is 2.46. The molecule has 1 saturated carbocycles. The molecule has 1 amide bonds. The van der Waals surface area contributed by atoms with E-state index in [1.807, 2.05) is 0 Å². The lowest BCUT2D eigenvalue weighted by molar-refractivity contribution is -0.146. The van der Waals surface area contributed by atoms with Crippen LogP contribution in [0.2, 0.25) is 0 Å². The van der Waals surface area contributed by atoms with Crippen molar-refractivity contribution in [2.45, 2.75) is 25.3 Å². The van der Waals surface area contributed by atoms with E-state index in [0.717, 1.165) is 0 Å². The van der Waals surface area contributed by atoms with Gasteiger partial charge in [0.1, 0.15) is 17.4 Å². The van der Waals surface area contributed by atoms with Crippen molar-refractivity contribution in [2.75, 3.05) is 36.1 Å². The summed E-state index contributed by atoms with van der Waals surface area (Å²) in [6, 6.07) is 0.979. The molecule has 2 heterocycles. The van der Waals surface area contributed by atoms with Gasteiger partial charge in [-0.25, -0.2) is 8.78 Å². The number of rotatable bonds is 3. The molecule has 1 unspecified atom stereocenters. The number of aliphatic carboxylic acids is 1. The van der Waals surface area contributed by atoms with Gasteiger partial charge in [0, 0.05) is 19.1 Å². The Balaban J connectivity index is 1.83. The van der Waals surface area contributed by atoms with Crippen LogP contribution in [-0.4, -0.2) is 49.3 Å². The minimum atomic E-state index is -1.29. The van der Waals surface area contributed by atoms with E-state index in [-0.39, 0.29) is 29.4 Å². The molecule has 1 N–H and O–H groups in total. The monoisotopic (exact) mass is 352 g/mol. The molecule has 0 bridgehead atoms. The van der Waals surface area contributed by atoms with Gasteiger partial charge in [-0.1, -0.05) is 0 Å². The predicted molar refractivity (Wildman–Crippen MR) is 84.7 cm³/mol. The van der Waals surface area contributed by atoms with E-state index in [1.165, 1.54) is 11.0 Å². The normalized spacial score (nSPS) is 23.6. The van der Waals surface area contributed by atoms with Crippen LogP contribution in [0, 0.1) is 17.6 Å². The van der Waals surface area contributed by atoms with Crippen molar-refractivity contribution < 1.29 is 28.2 Å². The van der Waals surface area contributed by atoms with Gasteiger partial charge in [-0.3, -0.25) is 9.59 Å². The number of fused-ring (bicyclic) bond motifs is 1. The molecule has 1 saturated heterocycles. The van der Waals surface area contributed by atoms with Gasteiger partial charge in [-0.2, -0.15) is 0 Å². The van der Waals surface area contributed by atoms with E-state index >= 15 is 4.39 Å². The van der Waals surface area contributed by atoms with E-state index in [1.54, 1.807) is 4.90 Å². The van der Waals surface area contributed by atoms with Gasteiger partial charge in [0.2, 0.25) is 5.91 Å². The number of morpholine rings is 1. The molecule has 2 fully saturated rings. The van der Waals surface area contributed by atoms with Crippen LogP contribution in [-0.2, 0) is 20.7 Å². The number of benzene rings is 1. The Morgan fingerprint density at radius 2 is 1.88 bits per heavy atom. The first-order chi connectivity index (χ1) is 12.0.